The van der Waals surface area contributed by atoms with E-state index < -0.39 is 0 Å². The van der Waals surface area contributed by atoms with E-state index >= 15 is 0 Å². The van der Waals surface area contributed by atoms with E-state index in [4.69, 9.17) is 0 Å². The Bertz CT molecular complexity index is 359. The largest absolute Gasteiger partial charge is 0.301 e. The molecule has 0 saturated carbocycles. The minimum atomic E-state index is -0.127. The molecule has 1 unspecified atom stereocenters. The lowest BCUT2D eigenvalue weighted by atomic mass is 10.2. The zero-order valence-electron chi connectivity index (χ0n) is 8.05. The van der Waals surface area contributed by atoms with Crippen molar-refractivity contribution in [3.63, 3.8) is 0 Å². The number of aldehydes is 1. The van der Waals surface area contributed by atoms with Gasteiger partial charge in [0.25, 0.3) is 0 Å². The third kappa shape index (κ3) is 1.53. The number of carbonyl (C=O) groups is 1. The van der Waals surface area contributed by atoms with Gasteiger partial charge in [0.1, 0.15) is 12.3 Å². The molecule has 3 heteroatoms. The molecule has 0 spiro atoms. The summed E-state index contributed by atoms with van der Waals surface area (Å²) >= 11 is 0. The van der Waals surface area contributed by atoms with Crippen LogP contribution in [0.5, 0.6) is 0 Å². The lowest BCUT2D eigenvalue weighted by Gasteiger charge is -2.18. The minimum absolute atomic E-state index is 0.127. The van der Waals surface area contributed by atoms with Crippen LogP contribution in [0.1, 0.15) is 13.3 Å². The van der Waals surface area contributed by atoms with Crippen LogP contribution >= 0.6 is 0 Å². The number of hydrogen-bond acceptors (Lipinski definition) is 3. The van der Waals surface area contributed by atoms with Gasteiger partial charge in [-0.15, -0.1) is 0 Å². The van der Waals surface area contributed by atoms with Gasteiger partial charge in [0.15, 0.2) is 0 Å². The van der Waals surface area contributed by atoms with Gasteiger partial charge in [-0.25, -0.2) is 0 Å². The molecular weight excluding hydrogens is 176 g/mol. The summed E-state index contributed by atoms with van der Waals surface area (Å²) in [5.74, 6) is 0. The van der Waals surface area contributed by atoms with Gasteiger partial charge in [-0.2, -0.15) is 5.10 Å². The van der Waals surface area contributed by atoms with E-state index in [0.717, 1.165) is 24.1 Å². The number of hydrogen-bond donors (Lipinski definition) is 0. The molecule has 1 aliphatic heterocycles. The van der Waals surface area contributed by atoms with E-state index in [1.165, 1.54) is 0 Å². The van der Waals surface area contributed by atoms with Crippen molar-refractivity contribution in [3.8, 4) is 0 Å². The highest BCUT2D eigenvalue weighted by Gasteiger charge is 2.24. The number of carbonyl (C=O) groups excluding carboxylic acids is 1. The van der Waals surface area contributed by atoms with Gasteiger partial charge in [-0.1, -0.05) is 18.2 Å². The molecule has 1 aromatic carbocycles. The summed E-state index contributed by atoms with van der Waals surface area (Å²) in [5, 5.41) is 6.11. The average Bonchev–Trinajstić information content (AvgIpc) is 2.61. The highest BCUT2D eigenvalue weighted by molar-refractivity contribution is 5.90. The van der Waals surface area contributed by atoms with Crippen LogP contribution < -0.4 is 5.01 Å². The third-order valence-corrected chi connectivity index (χ3v) is 2.27. The van der Waals surface area contributed by atoms with Gasteiger partial charge in [0.05, 0.1) is 5.69 Å². The van der Waals surface area contributed by atoms with Crippen LogP contribution in [0.3, 0.4) is 0 Å². The standard InChI is InChI=1S/C11H12N2O/c1-9-7-11(8-14)13(12-9)10-5-3-2-4-6-10/h2-6,8,11H,7H2,1H3. The molecule has 0 aromatic heterocycles. The fraction of sp³-hybridized carbons (Fsp3) is 0.273. The number of para-hydroxylation sites is 1. The molecular formula is C11H12N2O. The number of rotatable bonds is 2. The van der Waals surface area contributed by atoms with Crippen molar-refractivity contribution >= 4 is 17.7 Å². The molecule has 0 amide bonds. The maximum atomic E-state index is 10.8. The summed E-state index contributed by atoms with van der Waals surface area (Å²) in [6, 6.07) is 9.63. The molecule has 0 fully saturated rings. The molecule has 1 heterocycles. The average molecular weight is 188 g/mol. The molecule has 1 atom stereocenters. The number of nitrogens with zero attached hydrogens (tertiary/aromatic N) is 2. The first-order chi connectivity index (χ1) is 6.81. The lowest BCUT2D eigenvalue weighted by molar-refractivity contribution is -0.108. The minimum Gasteiger partial charge on any atom is -0.301 e. The van der Waals surface area contributed by atoms with Crippen LogP contribution in [-0.2, 0) is 4.79 Å². The molecule has 0 bridgehead atoms. The molecule has 14 heavy (non-hydrogen) atoms. The van der Waals surface area contributed by atoms with Crippen LogP contribution in [0.4, 0.5) is 5.69 Å². The Morgan fingerprint density at radius 1 is 1.43 bits per heavy atom. The van der Waals surface area contributed by atoms with Gasteiger partial charge in [0.2, 0.25) is 0 Å². The number of anilines is 1. The third-order valence-electron chi connectivity index (χ3n) is 2.27. The van der Waals surface area contributed by atoms with Crippen LogP contribution in [0.25, 0.3) is 0 Å². The maximum absolute atomic E-state index is 10.8. The number of hydrazone groups is 1. The summed E-state index contributed by atoms with van der Waals surface area (Å²) in [4.78, 5) is 10.8. The molecule has 0 N–H and O–H groups in total. The van der Waals surface area contributed by atoms with Crippen LogP contribution in [0.15, 0.2) is 35.4 Å². The van der Waals surface area contributed by atoms with E-state index in [1.807, 2.05) is 37.3 Å². The van der Waals surface area contributed by atoms with E-state index in [-0.39, 0.29) is 6.04 Å². The zero-order valence-corrected chi connectivity index (χ0v) is 8.05. The predicted molar refractivity (Wildman–Crippen MR) is 56.5 cm³/mol. The smallest absolute Gasteiger partial charge is 0.144 e. The Balaban J connectivity index is 2.30. The summed E-state index contributed by atoms with van der Waals surface area (Å²) < 4.78 is 0. The van der Waals surface area contributed by atoms with Crippen molar-refractivity contribution in [1.82, 2.24) is 0 Å². The Labute approximate surface area is 83.0 Å². The summed E-state index contributed by atoms with van der Waals surface area (Å²) in [5.41, 5.74) is 1.98. The zero-order chi connectivity index (χ0) is 9.97. The molecule has 1 aromatic rings. The van der Waals surface area contributed by atoms with Crippen molar-refractivity contribution in [3.05, 3.63) is 30.3 Å². The van der Waals surface area contributed by atoms with Gasteiger partial charge < -0.3 is 4.79 Å². The monoisotopic (exact) mass is 188 g/mol. The van der Waals surface area contributed by atoms with Crippen molar-refractivity contribution in [1.29, 1.82) is 0 Å². The highest BCUT2D eigenvalue weighted by Crippen LogP contribution is 2.22. The summed E-state index contributed by atoms with van der Waals surface area (Å²) in [6.07, 6.45) is 1.69. The molecule has 1 aliphatic rings. The normalized spacial score (nSPS) is 20.8. The van der Waals surface area contributed by atoms with Gasteiger partial charge >= 0.3 is 0 Å². The quantitative estimate of drug-likeness (QED) is 0.663. The maximum Gasteiger partial charge on any atom is 0.144 e. The molecule has 0 saturated heterocycles. The second kappa shape index (κ2) is 3.62. The van der Waals surface area contributed by atoms with Crippen LogP contribution in [0, 0.1) is 0 Å². The Kier molecular flexibility index (Phi) is 2.31. The molecule has 2 rings (SSSR count). The van der Waals surface area contributed by atoms with E-state index in [2.05, 4.69) is 5.10 Å². The molecule has 0 aliphatic carbocycles. The topological polar surface area (TPSA) is 32.7 Å². The SMILES string of the molecule is CC1=NN(c2ccccc2)C(C=O)C1. The Morgan fingerprint density at radius 2 is 2.14 bits per heavy atom. The van der Waals surface area contributed by atoms with Crippen molar-refractivity contribution in [2.45, 2.75) is 19.4 Å². The van der Waals surface area contributed by atoms with Gasteiger partial charge in [-0.05, 0) is 19.1 Å². The first-order valence-electron chi connectivity index (χ1n) is 4.65. The van der Waals surface area contributed by atoms with Crippen molar-refractivity contribution in [2.24, 2.45) is 5.10 Å². The van der Waals surface area contributed by atoms with E-state index in [0.29, 0.717) is 0 Å². The molecule has 0 radical (unpaired) electrons. The second-order valence-corrected chi connectivity index (χ2v) is 3.42. The van der Waals surface area contributed by atoms with E-state index in [9.17, 15) is 4.79 Å². The lowest BCUT2D eigenvalue weighted by Crippen LogP contribution is -2.27. The van der Waals surface area contributed by atoms with Crippen LogP contribution in [-0.4, -0.2) is 18.0 Å². The summed E-state index contributed by atoms with van der Waals surface area (Å²) in [6.45, 7) is 1.94. The van der Waals surface area contributed by atoms with Crippen molar-refractivity contribution in [2.75, 3.05) is 5.01 Å². The van der Waals surface area contributed by atoms with Crippen LogP contribution in [0.2, 0.25) is 0 Å². The van der Waals surface area contributed by atoms with Gasteiger partial charge in [-0.3, -0.25) is 5.01 Å². The Morgan fingerprint density at radius 3 is 2.79 bits per heavy atom. The Hall–Kier alpha value is -1.64. The number of benzene rings is 1. The molecule has 3 nitrogen and oxygen atoms in total. The summed E-state index contributed by atoms with van der Waals surface area (Å²) in [7, 11) is 0. The van der Waals surface area contributed by atoms with Crippen molar-refractivity contribution < 1.29 is 4.79 Å². The second-order valence-electron chi connectivity index (χ2n) is 3.42. The first-order valence-corrected chi connectivity index (χ1v) is 4.65. The predicted octanol–water partition coefficient (Wildman–Crippen LogP) is 1.84. The molecule has 72 valence electrons. The van der Waals surface area contributed by atoms with E-state index in [1.54, 1.807) is 5.01 Å². The first kappa shape index (κ1) is 8.94. The fourth-order valence-corrected chi connectivity index (χ4v) is 1.62. The van der Waals surface area contributed by atoms with Gasteiger partial charge in [0, 0.05) is 12.1 Å². The fourth-order valence-electron chi connectivity index (χ4n) is 1.62. The highest BCUT2D eigenvalue weighted by atomic mass is 16.1.